The second-order valence-corrected chi connectivity index (χ2v) is 5.27. The van der Waals surface area contributed by atoms with Crippen molar-refractivity contribution in [2.75, 3.05) is 4.90 Å². The van der Waals surface area contributed by atoms with Crippen LogP contribution in [0.5, 0.6) is 0 Å². The molecular formula is C14H12N6O2S. The van der Waals surface area contributed by atoms with Crippen LogP contribution in [-0.2, 0) is 9.59 Å². The molecule has 1 aliphatic rings. The van der Waals surface area contributed by atoms with E-state index in [-0.39, 0.29) is 5.11 Å². The average molecular weight is 328 g/mol. The number of benzene rings is 1. The number of anilines is 1. The van der Waals surface area contributed by atoms with Crippen LogP contribution < -0.4 is 10.2 Å². The van der Waals surface area contributed by atoms with Gasteiger partial charge in [-0.3, -0.25) is 14.5 Å². The van der Waals surface area contributed by atoms with Gasteiger partial charge in [0.1, 0.15) is 12.7 Å². The normalized spacial score (nSPS) is 18.6. The summed E-state index contributed by atoms with van der Waals surface area (Å²) in [6.45, 7) is 1.94. The number of thiocarbonyl (C=S) groups is 1. The van der Waals surface area contributed by atoms with Crippen molar-refractivity contribution >= 4 is 41.0 Å². The van der Waals surface area contributed by atoms with Gasteiger partial charge in [-0.1, -0.05) is 17.7 Å². The molecule has 0 saturated carbocycles. The number of carbonyl (C=O) groups is 2. The van der Waals surface area contributed by atoms with Gasteiger partial charge in [0.15, 0.2) is 11.0 Å². The SMILES string of the molecule is Cc1ccc(N2C(=O)[C@H](/C=N/n3cnnc3)C(=O)NC2=S)cc1. The number of nitrogens with zero attached hydrogens (tertiary/aromatic N) is 5. The molecule has 3 rings (SSSR count). The van der Waals surface area contributed by atoms with Crippen molar-refractivity contribution in [3.8, 4) is 0 Å². The zero-order chi connectivity index (χ0) is 16.4. The molecule has 2 heterocycles. The Balaban J connectivity index is 1.89. The zero-order valence-corrected chi connectivity index (χ0v) is 12.9. The first-order valence-electron chi connectivity index (χ1n) is 6.71. The number of carbonyl (C=O) groups excluding carboxylic acids is 2. The van der Waals surface area contributed by atoms with Crippen molar-refractivity contribution in [2.24, 2.45) is 11.0 Å². The first-order valence-corrected chi connectivity index (χ1v) is 7.11. The molecular weight excluding hydrogens is 316 g/mol. The summed E-state index contributed by atoms with van der Waals surface area (Å²) >= 11 is 5.12. The van der Waals surface area contributed by atoms with E-state index in [2.05, 4.69) is 20.6 Å². The van der Waals surface area contributed by atoms with Gasteiger partial charge in [-0.15, -0.1) is 10.2 Å². The van der Waals surface area contributed by atoms with Crippen LogP contribution in [0.2, 0.25) is 0 Å². The molecule has 0 aliphatic carbocycles. The van der Waals surface area contributed by atoms with Gasteiger partial charge in [-0.25, -0.2) is 4.68 Å². The van der Waals surface area contributed by atoms with E-state index < -0.39 is 17.7 Å². The second kappa shape index (κ2) is 6.05. The molecule has 116 valence electrons. The van der Waals surface area contributed by atoms with E-state index in [0.717, 1.165) is 5.56 Å². The molecule has 0 unspecified atom stereocenters. The van der Waals surface area contributed by atoms with Crippen LogP contribution in [0.3, 0.4) is 0 Å². The molecule has 1 aromatic heterocycles. The lowest BCUT2D eigenvalue weighted by Gasteiger charge is -2.30. The van der Waals surface area contributed by atoms with E-state index in [9.17, 15) is 9.59 Å². The number of aromatic nitrogens is 3. The first-order chi connectivity index (χ1) is 11.1. The Hall–Kier alpha value is -2.94. The van der Waals surface area contributed by atoms with Crippen LogP contribution in [0.1, 0.15) is 5.56 Å². The summed E-state index contributed by atoms with van der Waals surface area (Å²) in [5.74, 6) is -2.05. The second-order valence-electron chi connectivity index (χ2n) is 4.89. The molecule has 23 heavy (non-hydrogen) atoms. The molecule has 8 nitrogen and oxygen atoms in total. The van der Waals surface area contributed by atoms with Gasteiger partial charge in [-0.2, -0.15) is 5.10 Å². The van der Waals surface area contributed by atoms with Crippen LogP contribution >= 0.6 is 12.2 Å². The minimum atomic E-state index is -1.08. The third-order valence-electron chi connectivity index (χ3n) is 3.25. The molecule has 1 fully saturated rings. The van der Waals surface area contributed by atoms with Crippen LogP contribution in [-0.4, -0.2) is 38.0 Å². The lowest BCUT2D eigenvalue weighted by molar-refractivity contribution is -0.130. The predicted octanol–water partition coefficient (Wildman–Crippen LogP) is 0.485. The largest absolute Gasteiger partial charge is 0.301 e. The maximum absolute atomic E-state index is 12.6. The lowest BCUT2D eigenvalue weighted by Crippen LogP contribution is -2.58. The van der Waals surface area contributed by atoms with Crippen molar-refractivity contribution in [3.63, 3.8) is 0 Å². The molecule has 9 heteroatoms. The summed E-state index contributed by atoms with van der Waals surface area (Å²) in [5, 5.41) is 13.7. The van der Waals surface area contributed by atoms with Crippen molar-refractivity contribution < 1.29 is 9.59 Å². The fourth-order valence-electron chi connectivity index (χ4n) is 2.06. The fourth-order valence-corrected chi connectivity index (χ4v) is 2.35. The van der Waals surface area contributed by atoms with Gasteiger partial charge in [0.25, 0.3) is 5.91 Å². The quantitative estimate of drug-likeness (QED) is 0.503. The third-order valence-corrected chi connectivity index (χ3v) is 3.53. The highest BCUT2D eigenvalue weighted by atomic mass is 32.1. The van der Waals surface area contributed by atoms with E-state index in [0.29, 0.717) is 5.69 Å². The van der Waals surface area contributed by atoms with Crippen molar-refractivity contribution in [3.05, 3.63) is 42.5 Å². The number of nitrogens with one attached hydrogen (secondary N) is 1. The smallest absolute Gasteiger partial charge is 0.251 e. The highest BCUT2D eigenvalue weighted by Gasteiger charge is 2.38. The van der Waals surface area contributed by atoms with Crippen molar-refractivity contribution in [1.29, 1.82) is 0 Å². The van der Waals surface area contributed by atoms with Crippen molar-refractivity contribution in [2.45, 2.75) is 6.92 Å². The van der Waals surface area contributed by atoms with Gasteiger partial charge < -0.3 is 5.32 Å². The van der Waals surface area contributed by atoms with Gasteiger partial charge in [-0.05, 0) is 31.3 Å². The maximum Gasteiger partial charge on any atom is 0.251 e. The number of hydrogen-bond donors (Lipinski definition) is 1. The molecule has 1 atom stereocenters. The summed E-state index contributed by atoms with van der Waals surface area (Å²) in [4.78, 5) is 26.0. The highest BCUT2D eigenvalue weighted by Crippen LogP contribution is 2.20. The van der Waals surface area contributed by atoms with E-state index in [1.54, 1.807) is 12.1 Å². The topological polar surface area (TPSA) is 92.5 Å². The number of aryl methyl sites for hydroxylation is 1. The fraction of sp³-hybridized carbons (Fsp3) is 0.143. The molecule has 2 aromatic rings. The first kappa shape index (κ1) is 15.0. The summed E-state index contributed by atoms with van der Waals surface area (Å²) in [5.41, 5.74) is 1.65. The van der Waals surface area contributed by atoms with Gasteiger partial charge in [0, 0.05) is 6.21 Å². The number of rotatable bonds is 3. The van der Waals surface area contributed by atoms with E-state index >= 15 is 0 Å². The lowest BCUT2D eigenvalue weighted by atomic mass is 10.1. The van der Waals surface area contributed by atoms with Crippen LogP contribution in [0.25, 0.3) is 0 Å². The Morgan fingerprint density at radius 3 is 2.52 bits per heavy atom. The Morgan fingerprint density at radius 1 is 1.22 bits per heavy atom. The summed E-state index contributed by atoms with van der Waals surface area (Å²) in [7, 11) is 0. The molecule has 2 amide bonds. The van der Waals surface area contributed by atoms with E-state index in [1.165, 1.54) is 28.4 Å². The zero-order valence-electron chi connectivity index (χ0n) is 12.1. The summed E-state index contributed by atoms with van der Waals surface area (Å²) in [6, 6.07) is 7.26. The highest BCUT2D eigenvalue weighted by molar-refractivity contribution is 7.80. The van der Waals surface area contributed by atoms with Gasteiger partial charge >= 0.3 is 0 Å². The molecule has 0 spiro atoms. The summed E-state index contributed by atoms with van der Waals surface area (Å²) in [6.07, 6.45) is 3.94. The Bertz CT molecular complexity index is 784. The monoisotopic (exact) mass is 328 g/mol. The average Bonchev–Trinajstić information content (AvgIpc) is 3.02. The molecule has 1 saturated heterocycles. The Kier molecular flexibility index (Phi) is 3.94. The molecule has 0 radical (unpaired) electrons. The molecule has 1 N–H and O–H groups in total. The van der Waals surface area contributed by atoms with E-state index in [4.69, 9.17) is 12.2 Å². The molecule has 1 aliphatic heterocycles. The maximum atomic E-state index is 12.6. The standard InChI is InChI=1S/C14H12N6O2S/c1-9-2-4-10(5-3-9)20-13(22)11(12(21)18-14(20)23)6-17-19-7-15-16-8-19/h2-8,11H,1H3,(H,18,21,23)/b17-6+/t11-/m1/s1. The van der Waals surface area contributed by atoms with Crippen molar-refractivity contribution in [1.82, 2.24) is 20.2 Å². The van der Waals surface area contributed by atoms with Gasteiger partial charge in [0.05, 0.1) is 5.69 Å². The number of amides is 2. The Morgan fingerprint density at radius 2 is 1.87 bits per heavy atom. The van der Waals surface area contributed by atoms with Crippen LogP contribution in [0, 0.1) is 12.8 Å². The number of hydrogen-bond acceptors (Lipinski definition) is 6. The summed E-state index contributed by atoms with van der Waals surface area (Å²) < 4.78 is 1.30. The predicted molar refractivity (Wildman–Crippen MR) is 86.8 cm³/mol. The minimum absolute atomic E-state index is 0.0535. The van der Waals surface area contributed by atoms with E-state index in [1.807, 2.05) is 19.1 Å². The third kappa shape index (κ3) is 2.99. The molecule has 0 bridgehead atoms. The Labute approximate surface area is 136 Å². The van der Waals surface area contributed by atoms with Crippen LogP contribution in [0.4, 0.5) is 5.69 Å². The minimum Gasteiger partial charge on any atom is -0.301 e. The van der Waals surface area contributed by atoms with Crippen LogP contribution in [0.15, 0.2) is 42.0 Å². The van der Waals surface area contributed by atoms with Gasteiger partial charge in [0.2, 0.25) is 5.91 Å². The molecule has 1 aromatic carbocycles.